The third-order valence-corrected chi connectivity index (χ3v) is 3.04. The minimum atomic E-state index is 0.713. The predicted octanol–water partition coefficient (Wildman–Crippen LogP) is 2.06. The van der Waals surface area contributed by atoms with Gasteiger partial charge in [-0.05, 0) is 24.0 Å². The zero-order valence-electron chi connectivity index (χ0n) is 9.25. The van der Waals surface area contributed by atoms with Crippen molar-refractivity contribution in [2.45, 2.75) is 11.4 Å². The van der Waals surface area contributed by atoms with Gasteiger partial charge in [0.05, 0.1) is 13.7 Å². The first kappa shape index (κ1) is 11.0. The quantitative estimate of drug-likeness (QED) is 0.760. The molecule has 4 nitrogen and oxygen atoms in total. The van der Waals surface area contributed by atoms with Crippen molar-refractivity contribution in [2.24, 2.45) is 0 Å². The second-order valence-corrected chi connectivity index (χ2v) is 4.13. The van der Waals surface area contributed by atoms with Crippen molar-refractivity contribution in [1.82, 2.24) is 14.8 Å². The van der Waals surface area contributed by atoms with Gasteiger partial charge in [-0.25, -0.2) is 9.67 Å². The fourth-order valence-corrected chi connectivity index (χ4v) is 2.03. The van der Waals surface area contributed by atoms with Gasteiger partial charge in [0.2, 0.25) is 0 Å². The maximum Gasteiger partial charge on any atom is 0.137 e. The highest BCUT2D eigenvalue weighted by Crippen LogP contribution is 2.28. The molecule has 5 heteroatoms. The molecule has 0 aliphatic heterocycles. The molecule has 2 rings (SSSR count). The molecule has 0 amide bonds. The van der Waals surface area contributed by atoms with E-state index in [0.717, 1.165) is 16.2 Å². The molecule has 1 aromatic carbocycles. The average molecular weight is 235 g/mol. The van der Waals surface area contributed by atoms with Crippen LogP contribution in [0.15, 0.2) is 35.7 Å². The Morgan fingerprint density at radius 3 is 2.94 bits per heavy atom. The Bertz CT molecular complexity index is 456. The lowest BCUT2D eigenvalue weighted by Crippen LogP contribution is -2.00. The fraction of sp³-hybridized carbons (Fsp3) is 0.273. The van der Waals surface area contributed by atoms with Gasteiger partial charge in [-0.15, -0.1) is 11.8 Å². The van der Waals surface area contributed by atoms with E-state index < -0.39 is 0 Å². The summed E-state index contributed by atoms with van der Waals surface area (Å²) in [6.07, 6.45) is 5.28. The molecule has 1 heterocycles. The van der Waals surface area contributed by atoms with Gasteiger partial charge in [0, 0.05) is 4.90 Å². The molecule has 84 valence electrons. The summed E-state index contributed by atoms with van der Waals surface area (Å²) in [7, 11) is 1.69. The molecule has 2 aromatic rings. The number of nitrogens with zero attached hydrogens (tertiary/aromatic N) is 3. The van der Waals surface area contributed by atoms with Crippen molar-refractivity contribution in [3.05, 3.63) is 36.4 Å². The van der Waals surface area contributed by atoms with Crippen LogP contribution in [0.2, 0.25) is 0 Å². The third-order valence-electron chi connectivity index (χ3n) is 2.26. The van der Waals surface area contributed by atoms with Crippen LogP contribution in [0.1, 0.15) is 5.56 Å². The van der Waals surface area contributed by atoms with E-state index in [0.29, 0.717) is 6.54 Å². The Morgan fingerprint density at radius 2 is 2.31 bits per heavy atom. The van der Waals surface area contributed by atoms with E-state index in [1.807, 2.05) is 12.3 Å². The summed E-state index contributed by atoms with van der Waals surface area (Å²) in [4.78, 5) is 5.05. The first-order valence-electron chi connectivity index (χ1n) is 4.87. The highest BCUT2D eigenvalue weighted by molar-refractivity contribution is 7.98. The lowest BCUT2D eigenvalue weighted by atomic mass is 10.2. The summed E-state index contributed by atoms with van der Waals surface area (Å²) in [6.45, 7) is 0.713. The first-order chi connectivity index (χ1) is 7.83. The number of hydrogen-bond acceptors (Lipinski definition) is 4. The van der Waals surface area contributed by atoms with E-state index in [1.165, 1.54) is 6.33 Å². The second kappa shape index (κ2) is 5.03. The Hall–Kier alpha value is -1.49. The van der Waals surface area contributed by atoms with Crippen LogP contribution in [-0.4, -0.2) is 28.1 Å². The van der Waals surface area contributed by atoms with Gasteiger partial charge in [-0.1, -0.05) is 6.07 Å². The maximum absolute atomic E-state index is 5.33. The molecule has 0 aliphatic carbocycles. The van der Waals surface area contributed by atoms with E-state index in [-0.39, 0.29) is 0 Å². The molecular formula is C11H13N3OS. The molecule has 0 radical (unpaired) electrons. The standard InChI is InChI=1S/C11H13N3OS/c1-15-10-5-9(3-4-11(10)16-2)6-14-8-12-7-13-14/h3-5,7-8H,6H2,1-2H3. The summed E-state index contributed by atoms with van der Waals surface area (Å²) in [5.74, 6) is 0.908. The Balaban J connectivity index is 2.22. The summed E-state index contributed by atoms with van der Waals surface area (Å²) in [5.41, 5.74) is 1.15. The van der Waals surface area contributed by atoms with Gasteiger partial charge in [-0.2, -0.15) is 5.10 Å². The van der Waals surface area contributed by atoms with Crippen LogP contribution >= 0.6 is 11.8 Å². The summed E-state index contributed by atoms with van der Waals surface area (Å²) >= 11 is 1.68. The molecule has 0 bridgehead atoms. The number of hydrogen-bond donors (Lipinski definition) is 0. The SMILES string of the molecule is COc1cc(Cn2cncn2)ccc1SC. The highest BCUT2D eigenvalue weighted by Gasteiger charge is 2.03. The summed E-state index contributed by atoms with van der Waals surface area (Å²) in [6, 6.07) is 6.18. The third kappa shape index (κ3) is 2.36. The van der Waals surface area contributed by atoms with Crippen LogP contribution in [-0.2, 0) is 6.54 Å². The molecule has 0 N–H and O–H groups in total. The van der Waals surface area contributed by atoms with Gasteiger partial charge >= 0.3 is 0 Å². The lowest BCUT2D eigenvalue weighted by molar-refractivity contribution is 0.404. The average Bonchev–Trinajstić information content (AvgIpc) is 2.81. The van der Waals surface area contributed by atoms with E-state index >= 15 is 0 Å². The minimum absolute atomic E-state index is 0.713. The predicted molar refractivity (Wildman–Crippen MR) is 63.9 cm³/mol. The Morgan fingerprint density at radius 1 is 1.44 bits per heavy atom. The van der Waals surface area contributed by atoms with Gasteiger partial charge in [-0.3, -0.25) is 0 Å². The largest absolute Gasteiger partial charge is 0.496 e. The van der Waals surface area contributed by atoms with E-state index in [9.17, 15) is 0 Å². The molecule has 0 saturated carbocycles. The van der Waals surface area contributed by atoms with Gasteiger partial charge in [0.25, 0.3) is 0 Å². The van der Waals surface area contributed by atoms with Crippen molar-refractivity contribution in [2.75, 3.05) is 13.4 Å². The van der Waals surface area contributed by atoms with Crippen molar-refractivity contribution >= 4 is 11.8 Å². The highest BCUT2D eigenvalue weighted by atomic mass is 32.2. The molecule has 0 unspecified atom stereocenters. The Labute approximate surface area is 98.6 Å². The summed E-state index contributed by atoms with van der Waals surface area (Å²) in [5, 5.41) is 4.07. The molecule has 1 aromatic heterocycles. The first-order valence-corrected chi connectivity index (χ1v) is 6.09. The number of rotatable bonds is 4. The number of benzene rings is 1. The van der Waals surface area contributed by atoms with Gasteiger partial charge in [0.1, 0.15) is 18.4 Å². The molecular weight excluding hydrogens is 222 g/mol. The second-order valence-electron chi connectivity index (χ2n) is 3.28. The van der Waals surface area contributed by atoms with Crippen LogP contribution in [0.5, 0.6) is 5.75 Å². The molecule has 0 atom stereocenters. The molecule has 0 spiro atoms. The van der Waals surface area contributed by atoms with Crippen LogP contribution in [0.4, 0.5) is 0 Å². The van der Waals surface area contributed by atoms with Crippen LogP contribution in [0.3, 0.4) is 0 Å². The molecule has 0 fully saturated rings. The van der Waals surface area contributed by atoms with Crippen molar-refractivity contribution < 1.29 is 4.74 Å². The topological polar surface area (TPSA) is 39.9 Å². The molecule has 0 aliphatic rings. The number of methoxy groups -OCH3 is 1. The fourth-order valence-electron chi connectivity index (χ4n) is 1.48. The smallest absolute Gasteiger partial charge is 0.137 e. The van der Waals surface area contributed by atoms with E-state index in [4.69, 9.17) is 4.74 Å². The van der Waals surface area contributed by atoms with Crippen molar-refractivity contribution in [3.63, 3.8) is 0 Å². The number of ether oxygens (including phenoxy) is 1. The van der Waals surface area contributed by atoms with Crippen LogP contribution < -0.4 is 4.74 Å². The van der Waals surface area contributed by atoms with Crippen molar-refractivity contribution in [3.8, 4) is 5.75 Å². The van der Waals surface area contributed by atoms with Gasteiger partial charge < -0.3 is 4.74 Å². The number of aromatic nitrogens is 3. The Kier molecular flexibility index (Phi) is 3.46. The van der Waals surface area contributed by atoms with Crippen LogP contribution in [0, 0.1) is 0 Å². The van der Waals surface area contributed by atoms with Crippen molar-refractivity contribution in [1.29, 1.82) is 0 Å². The molecule has 16 heavy (non-hydrogen) atoms. The zero-order valence-corrected chi connectivity index (χ0v) is 10.1. The normalized spacial score (nSPS) is 10.4. The molecule has 0 saturated heterocycles. The lowest BCUT2D eigenvalue weighted by Gasteiger charge is -2.08. The minimum Gasteiger partial charge on any atom is -0.496 e. The monoisotopic (exact) mass is 235 g/mol. The van der Waals surface area contributed by atoms with Crippen LogP contribution in [0.25, 0.3) is 0 Å². The zero-order chi connectivity index (χ0) is 11.4. The summed E-state index contributed by atoms with van der Waals surface area (Å²) < 4.78 is 7.12. The maximum atomic E-state index is 5.33. The van der Waals surface area contributed by atoms with Gasteiger partial charge in [0.15, 0.2) is 0 Å². The van der Waals surface area contributed by atoms with E-state index in [1.54, 1.807) is 29.9 Å². The van der Waals surface area contributed by atoms with E-state index in [2.05, 4.69) is 22.2 Å². The number of thioether (sulfide) groups is 1.